The average molecular weight is 251 g/mol. The van der Waals surface area contributed by atoms with Crippen molar-refractivity contribution in [2.75, 3.05) is 13.2 Å². The molecule has 4 nitrogen and oxygen atoms in total. The fraction of sp³-hybridized carbons (Fsp3) is 0.700. The fourth-order valence-corrected chi connectivity index (χ4v) is 1.37. The lowest BCUT2D eigenvalue weighted by Gasteiger charge is -2.11. The maximum atomic E-state index is 11.8. The molecular formula is C10H16F3N3O. The van der Waals surface area contributed by atoms with E-state index in [1.807, 2.05) is 6.92 Å². The van der Waals surface area contributed by atoms with Crippen molar-refractivity contribution < 1.29 is 17.9 Å². The molecule has 0 aromatic carbocycles. The van der Waals surface area contributed by atoms with Gasteiger partial charge in [0.25, 0.3) is 0 Å². The molecule has 1 unspecified atom stereocenters. The molecule has 0 spiro atoms. The van der Waals surface area contributed by atoms with E-state index in [0.29, 0.717) is 13.0 Å². The van der Waals surface area contributed by atoms with Gasteiger partial charge in [0.2, 0.25) is 0 Å². The van der Waals surface area contributed by atoms with E-state index < -0.39 is 12.8 Å². The number of imidazole rings is 1. The molecule has 1 heterocycles. The molecule has 1 rings (SSSR count). The third-order valence-corrected chi connectivity index (χ3v) is 2.05. The monoisotopic (exact) mass is 251 g/mol. The Labute approximate surface area is 97.6 Å². The number of aromatic nitrogens is 2. The molecule has 0 aliphatic heterocycles. The highest BCUT2D eigenvalue weighted by Gasteiger charge is 2.27. The van der Waals surface area contributed by atoms with Crippen LogP contribution < -0.4 is 5.73 Å². The summed E-state index contributed by atoms with van der Waals surface area (Å²) in [7, 11) is 0. The minimum atomic E-state index is -4.27. The van der Waals surface area contributed by atoms with Crippen molar-refractivity contribution in [2.45, 2.75) is 32.1 Å². The summed E-state index contributed by atoms with van der Waals surface area (Å²) in [6, 6.07) is -0.0350. The van der Waals surface area contributed by atoms with Crippen molar-refractivity contribution in [1.29, 1.82) is 0 Å². The number of alkyl halides is 3. The molecule has 2 N–H and O–H groups in total. The van der Waals surface area contributed by atoms with Crippen LogP contribution in [0.4, 0.5) is 13.2 Å². The summed E-state index contributed by atoms with van der Waals surface area (Å²) in [5.41, 5.74) is 5.63. The van der Waals surface area contributed by atoms with E-state index in [0.717, 1.165) is 5.82 Å². The first-order valence-electron chi connectivity index (χ1n) is 5.28. The third kappa shape index (κ3) is 5.69. The van der Waals surface area contributed by atoms with Crippen LogP contribution >= 0.6 is 0 Å². The minimum Gasteiger partial charge on any atom is -0.370 e. The van der Waals surface area contributed by atoms with Gasteiger partial charge in [0.1, 0.15) is 12.4 Å². The lowest BCUT2D eigenvalue weighted by Crippen LogP contribution is -2.22. The van der Waals surface area contributed by atoms with Gasteiger partial charge in [-0.1, -0.05) is 0 Å². The largest absolute Gasteiger partial charge is 0.411 e. The van der Waals surface area contributed by atoms with Crippen LogP contribution in [0.5, 0.6) is 0 Å². The van der Waals surface area contributed by atoms with Crippen molar-refractivity contribution >= 4 is 0 Å². The van der Waals surface area contributed by atoms with Crippen LogP contribution in [-0.4, -0.2) is 35.0 Å². The van der Waals surface area contributed by atoms with Gasteiger partial charge in [-0.3, -0.25) is 0 Å². The van der Waals surface area contributed by atoms with E-state index in [-0.39, 0.29) is 12.6 Å². The SMILES string of the molecule is CC(N)Cc1nccn1CCOCC(F)(F)F. The number of hydrogen-bond acceptors (Lipinski definition) is 3. The van der Waals surface area contributed by atoms with Crippen LogP contribution in [0.2, 0.25) is 0 Å². The Hall–Kier alpha value is -1.08. The predicted octanol–water partition coefficient (Wildman–Crippen LogP) is 1.35. The van der Waals surface area contributed by atoms with Crippen molar-refractivity contribution in [3.63, 3.8) is 0 Å². The molecule has 7 heteroatoms. The summed E-state index contributed by atoms with van der Waals surface area (Å²) in [4.78, 5) is 4.09. The first-order valence-corrected chi connectivity index (χ1v) is 5.28. The summed E-state index contributed by atoms with van der Waals surface area (Å²) in [5, 5.41) is 0. The Balaban J connectivity index is 2.34. The van der Waals surface area contributed by atoms with Crippen molar-refractivity contribution in [2.24, 2.45) is 5.73 Å². The molecular weight excluding hydrogens is 235 g/mol. The van der Waals surface area contributed by atoms with Gasteiger partial charge in [0.15, 0.2) is 0 Å². The molecule has 0 saturated carbocycles. The van der Waals surface area contributed by atoms with Gasteiger partial charge in [0, 0.05) is 31.4 Å². The zero-order valence-electron chi connectivity index (χ0n) is 9.57. The van der Waals surface area contributed by atoms with Crippen LogP contribution in [0, 0.1) is 0 Å². The molecule has 0 fully saturated rings. The number of hydrogen-bond donors (Lipinski definition) is 1. The zero-order chi connectivity index (χ0) is 12.9. The molecule has 0 amide bonds. The van der Waals surface area contributed by atoms with Crippen molar-refractivity contribution in [3.8, 4) is 0 Å². The summed E-state index contributed by atoms with van der Waals surface area (Å²) in [5.74, 6) is 0.760. The van der Waals surface area contributed by atoms with Gasteiger partial charge in [0.05, 0.1) is 6.61 Å². The molecule has 0 bridgehead atoms. The smallest absolute Gasteiger partial charge is 0.370 e. The van der Waals surface area contributed by atoms with E-state index >= 15 is 0 Å². The van der Waals surface area contributed by atoms with Crippen LogP contribution in [0.1, 0.15) is 12.7 Å². The highest BCUT2D eigenvalue weighted by atomic mass is 19.4. The molecule has 0 radical (unpaired) electrons. The highest BCUT2D eigenvalue weighted by Crippen LogP contribution is 2.14. The van der Waals surface area contributed by atoms with E-state index in [2.05, 4.69) is 9.72 Å². The number of halogens is 3. The second-order valence-electron chi connectivity index (χ2n) is 3.89. The summed E-state index contributed by atoms with van der Waals surface area (Å²) < 4.78 is 41.7. The maximum absolute atomic E-state index is 11.8. The Bertz CT molecular complexity index is 336. The zero-order valence-corrected chi connectivity index (χ0v) is 9.57. The first kappa shape index (κ1) is 14.0. The molecule has 0 aliphatic carbocycles. The second-order valence-corrected chi connectivity index (χ2v) is 3.89. The lowest BCUT2D eigenvalue weighted by molar-refractivity contribution is -0.174. The fourth-order valence-electron chi connectivity index (χ4n) is 1.37. The first-order chi connectivity index (χ1) is 7.88. The predicted molar refractivity (Wildman–Crippen MR) is 56.5 cm³/mol. The summed E-state index contributed by atoms with van der Waals surface area (Å²) in [6.07, 6.45) is -0.383. The van der Waals surface area contributed by atoms with Crippen molar-refractivity contribution in [1.82, 2.24) is 9.55 Å². The number of nitrogens with two attached hydrogens (primary N) is 1. The average Bonchev–Trinajstić information content (AvgIpc) is 2.58. The van der Waals surface area contributed by atoms with Crippen LogP contribution in [0.3, 0.4) is 0 Å². The quantitative estimate of drug-likeness (QED) is 0.776. The minimum absolute atomic E-state index is 0.00181. The highest BCUT2D eigenvalue weighted by molar-refractivity contribution is 4.94. The molecule has 1 aromatic rings. The van der Waals surface area contributed by atoms with Gasteiger partial charge in [-0.05, 0) is 6.92 Å². The van der Waals surface area contributed by atoms with Gasteiger partial charge >= 0.3 is 6.18 Å². The number of nitrogens with zero attached hydrogens (tertiary/aromatic N) is 2. The standard InChI is InChI=1S/C10H16F3N3O/c1-8(14)6-9-15-2-3-16(9)4-5-17-7-10(11,12)13/h2-3,8H,4-7,14H2,1H3. The molecule has 0 saturated heterocycles. The van der Waals surface area contributed by atoms with Crippen LogP contribution in [0.15, 0.2) is 12.4 Å². The van der Waals surface area contributed by atoms with Gasteiger partial charge in [-0.25, -0.2) is 4.98 Å². The number of ether oxygens (including phenoxy) is 1. The molecule has 1 atom stereocenters. The Kier molecular flexibility index (Phi) is 4.95. The lowest BCUT2D eigenvalue weighted by atomic mass is 10.2. The topological polar surface area (TPSA) is 53.1 Å². The molecule has 98 valence electrons. The summed E-state index contributed by atoms with van der Waals surface area (Å²) in [6.45, 7) is 0.976. The maximum Gasteiger partial charge on any atom is 0.411 e. The second kappa shape index (κ2) is 6.02. The van der Waals surface area contributed by atoms with E-state index in [4.69, 9.17) is 5.73 Å². The van der Waals surface area contributed by atoms with E-state index in [1.54, 1.807) is 17.0 Å². The Morgan fingerprint density at radius 2 is 2.24 bits per heavy atom. The van der Waals surface area contributed by atoms with Crippen molar-refractivity contribution in [3.05, 3.63) is 18.2 Å². The number of rotatable bonds is 6. The summed E-state index contributed by atoms with van der Waals surface area (Å²) >= 11 is 0. The molecule has 17 heavy (non-hydrogen) atoms. The molecule has 1 aromatic heterocycles. The normalized spacial score (nSPS) is 13.9. The molecule has 0 aliphatic rings. The van der Waals surface area contributed by atoms with E-state index in [9.17, 15) is 13.2 Å². The van der Waals surface area contributed by atoms with E-state index in [1.165, 1.54) is 0 Å². The Morgan fingerprint density at radius 1 is 1.53 bits per heavy atom. The van der Waals surface area contributed by atoms with Gasteiger partial charge < -0.3 is 15.0 Å². The van der Waals surface area contributed by atoms with Gasteiger partial charge in [-0.15, -0.1) is 0 Å². The Morgan fingerprint density at radius 3 is 2.82 bits per heavy atom. The van der Waals surface area contributed by atoms with Crippen LogP contribution in [0.25, 0.3) is 0 Å². The van der Waals surface area contributed by atoms with Crippen LogP contribution in [-0.2, 0) is 17.7 Å². The van der Waals surface area contributed by atoms with Gasteiger partial charge in [-0.2, -0.15) is 13.2 Å². The third-order valence-electron chi connectivity index (χ3n) is 2.05.